The molecule has 152 valence electrons. The maximum absolute atomic E-state index is 13.7. The van der Waals surface area contributed by atoms with Crippen molar-refractivity contribution in [3.8, 4) is 5.75 Å². The fraction of sp³-hybridized carbons (Fsp3) is 0.450. The molecule has 0 amide bonds. The zero-order valence-corrected chi connectivity index (χ0v) is 15.0. The molecule has 0 atom stereocenters. The van der Waals surface area contributed by atoms with Gasteiger partial charge in [0.05, 0.1) is 12.0 Å². The summed E-state index contributed by atoms with van der Waals surface area (Å²) in [6.45, 7) is 1.32. The molecule has 2 aromatic carbocycles. The first-order valence-corrected chi connectivity index (χ1v) is 8.85. The number of alkyl halides is 6. The number of carbonyl (C=O) groups excluding carboxylic acids is 1. The van der Waals surface area contributed by atoms with Crippen molar-refractivity contribution in [1.82, 2.24) is 0 Å². The number of benzene rings is 2. The Morgan fingerprint density at radius 2 is 1.61 bits per heavy atom. The highest BCUT2D eigenvalue weighted by Crippen LogP contribution is 2.44. The molecule has 0 unspecified atom stereocenters. The van der Waals surface area contributed by atoms with E-state index >= 15 is 0 Å². The van der Waals surface area contributed by atoms with Gasteiger partial charge in [-0.05, 0) is 55.5 Å². The van der Waals surface area contributed by atoms with Crippen LogP contribution in [-0.4, -0.2) is 18.1 Å². The molecule has 0 aromatic heterocycles. The number of rotatable bonds is 3. The molecule has 0 bridgehead atoms. The van der Waals surface area contributed by atoms with E-state index in [9.17, 15) is 31.1 Å². The monoisotopic (exact) mass is 404 g/mol. The largest absolute Gasteiger partial charge is 0.490 e. The van der Waals surface area contributed by atoms with E-state index in [2.05, 4.69) is 0 Å². The molecule has 3 rings (SSSR count). The van der Waals surface area contributed by atoms with Crippen LogP contribution in [0.15, 0.2) is 30.3 Å². The molecule has 1 saturated carbocycles. The number of fused-ring (bicyclic) bond motifs is 1. The van der Waals surface area contributed by atoms with Crippen LogP contribution < -0.4 is 4.74 Å². The number of Topliss-reactive ketones (excluding diaryl/α,β-unsaturated/α-hetero) is 1. The van der Waals surface area contributed by atoms with Crippen LogP contribution in [0.5, 0.6) is 5.75 Å². The Kier molecular flexibility index (Phi) is 5.34. The van der Waals surface area contributed by atoms with Crippen LogP contribution in [0.25, 0.3) is 10.8 Å². The Bertz CT molecular complexity index is 877. The van der Waals surface area contributed by atoms with E-state index in [1.165, 1.54) is 37.3 Å². The molecular formula is C20H18F6O2. The van der Waals surface area contributed by atoms with E-state index < -0.39 is 35.7 Å². The van der Waals surface area contributed by atoms with E-state index in [4.69, 9.17) is 4.74 Å². The standard InChI is InChI=1S/C20H18F6O2/c1-11(27)12-2-8-16-13(10-12)3-9-17(18(16)20(24,25)26)28-15-6-4-14(5-7-15)19(21,22)23/h2-3,8-10,14-15H,4-7H2,1H3/t14-,15+. The van der Waals surface area contributed by atoms with Crippen LogP contribution in [0.4, 0.5) is 26.3 Å². The second-order valence-electron chi connectivity index (χ2n) is 7.06. The van der Waals surface area contributed by atoms with Crippen LogP contribution in [0.3, 0.4) is 0 Å². The summed E-state index contributed by atoms with van der Waals surface area (Å²) in [6, 6.07) is 6.52. The zero-order chi connectivity index (χ0) is 20.7. The number of hydrogen-bond acceptors (Lipinski definition) is 2. The van der Waals surface area contributed by atoms with Crippen molar-refractivity contribution in [1.29, 1.82) is 0 Å². The minimum atomic E-state index is -4.71. The molecule has 8 heteroatoms. The molecule has 1 aliphatic rings. The fourth-order valence-electron chi connectivity index (χ4n) is 3.61. The van der Waals surface area contributed by atoms with Crippen molar-refractivity contribution in [2.45, 2.75) is 51.1 Å². The number of ketones is 1. The predicted octanol–water partition coefficient (Wildman–Crippen LogP) is 6.56. The van der Waals surface area contributed by atoms with Gasteiger partial charge in [0.1, 0.15) is 11.3 Å². The molecule has 0 aliphatic heterocycles. The van der Waals surface area contributed by atoms with E-state index in [-0.39, 0.29) is 42.2 Å². The van der Waals surface area contributed by atoms with E-state index in [1.807, 2.05) is 0 Å². The Hall–Kier alpha value is -2.25. The lowest BCUT2D eigenvalue weighted by Crippen LogP contribution is -2.32. The summed E-state index contributed by atoms with van der Waals surface area (Å²) >= 11 is 0. The Morgan fingerprint density at radius 1 is 0.964 bits per heavy atom. The first-order chi connectivity index (χ1) is 13.0. The minimum Gasteiger partial charge on any atom is -0.490 e. The van der Waals surface area contributed by atoms with E-state index in [1.54, 1.807) is 0 Å². The third kappa shape index (κ3) is 4.25. The Morgan fingerprint density at radius 3 is 2.14 bits per heavy atom. The Balaban J connectivity index is 1.91. The highest BCUT2D eigenvalue weighted by molar-refractivity contribution is 5.99. The van der Waals surface area contributed by atoms with Crippen LogP contribution in [0.1, 0.15) is 48.5 Å². The van der Waals surface area contributed by atoms with Crippen molar-refractivity contribution in [3.05, 3.63) is 41.5 Å². The summed E-state index contributed by atoms with van der Waals surface area (Å²) in [5, 5.41) is 0.132. The van der Waals surface area contributed by atoms with Gasteiger partial charge in [0, 0.05) is 5.56 Å². The molecule has 28 heavy (non-hydrogen) atoms. The summed E-state index contributed by atoms with van der Waals surface area (Å²) in [6.07, 6.45) is -9.94. The minimum absolute atomic E-state index is 0.0444. The van der Waals surface area contributed by atoms with Crippen molar-refractivity contribution in [2.75, 3.05) is 0 Å². The average Bonchev–Trinajstić information content (AvgIpc) is 2.59. The highest BCUT2D eigenvalue weighted by atomic mass is 19.4. The van der Waals surface area contributed by atoms with Gasteiger partial charge < -0.3 is 4.74 Å². The number of carbonyl (C=O) groups is 1. The zero-order valence-electron chi connectivity index (χ0n) is 15.0. The maximum atomic E-state index is 13.7. The van der Waals surface area contributed by atoms with Gasteiger partial charge in [-0.3, -0.25) is 4.79 Å². The van der Waals surface area contributed by atoms with Gasteiger partial charge in [0.15, 0.2) is 5.78 Å². The molecule has 2 nitrogen and oxygen atoms in total. The van der Waals surface area contributed by atoms with Gasteiger partial charge in [0.25, 0.3) is 0 Å². The third-order valence-corrected chi connectivity index (χ3v) is 5.10. The van der Waals surface area contributed by atoms with Crippen LogP contribution in [-0.2, 0) is 6.18 Å². The van der Waals surface area contributed by atoms with Gasteiger partial charge in [-0.15, -0.1) is 0 Å². The summed E-state index contributed by atoms with van der Waals surface area (Å²) in [4.78, 5) is 11.5. The van der Waals surface area contributed by atoms with Gasteiger partial charge >= 0.3 is 12.4 Å². The first kappa shape index (κ1) is 20.5. The summed E-state index contributed by atoms with van der Waals surface area (Å²) in [5.74, 6) is -2.10. The highest BCUT2D eigenvalue weighted by Gasteiger charge is 2.42. The quantitative estimate of drug-likeness (QED) is 0.428. The van der Waals surface area contributed by atoms with Gasteiger partial charge in [-0.25, -0.2) is 0 Å². The topological polar surface area (TPSA) is 26.3 Å². The molecule has 0 heterocycles. The van der Waals surface area contributed by atoms with Gasteiger partial charge in [-0.1, -0.05) is 18.2 Å². The third-order valence-electron chi connectivity index (χ3n) is 5.10. The Labute approximate surface area is 157 Å². The number of ether oxygens (including phenoxy) is 1. The van der Waals surface area contributed by atoms with Crippen LogP contribution >= 0.6 is 0 Å². The van der Waals surface area contributed by atoms with Crippen LogP contribution in [0, 0.1) is 5.92 Å². The fourth-order valence-corrected chi connectivity index (χ4v) is 3.61. The summed E-state index contributed by atoms with van der Waals surface area (Å²) in [5.41, 5.74) is -0.683. The second kappa shape index (κ2) is 7.29. The lowest BCUT2D eigenvalue weighted by atomic mass is 9.87. The van der Waals surface area contributed by atoms with E-state index in [0.717, 1.165) is 0 Å². The molecule has 1 fully saturated rings. The molecular weight excluding hydrogens is 386 g/mol. The molecule has 2 aromatic rings. The molecule has 0 N–H and O–H groups in total. The summed E-state index contributed by atoms with van der Waals surface area (Å²) in [7, 11) is 0. The molecule has 0 radical (unpaired) electrons. The average molecular weight is 404 g/mol. The van der Waals surface area contributed by atoms with Crippen LogP contribution in [0.2, 0.25) is 0 Å². The van der Waals surface area contributed by atoms with E-state index in [0.29, 0.717) is 5.56 Å². The number of hydrogen-bond donors (Lipinski definition) is 0. The number of halogens is 6. The lowest BCUT2D eigenvalue weighted by Gasteiger charge is -2.31. The second-order valence-corrected chi connectivity index (χ2v) is 7.06. The predicted molar refractivity (Wildman–Crippen MR) is 91.4 cm³/mol. The first-order valence-electron chi connectivity index (χ1n) is 8.85. The molecule has 0 saturated heterocycles. The van der Waals surface area contributed by atoms with Crippen molar-refractivity contribution >= 4 is 16.6 Å². The summed E-state index contributed by atoms with van der Waals surface area (Å²) < 4.78 is 84.9. The lowest BCUT2D eigenvalue weighted by molar-refractivity contribution is -0.185. The maximum Gasteiger partial charge on any atom is 0.420 e. The smallest absolute Gasteiger partial charge is 0.420 e. The SMILES string of the molecule is CC(=O)c1ccc2c(C(F)(F)F)c(O[C@H]3CC[C@@H](C(F)(F)F)CC3)ccc2c1. The van der Waals surface area contributed by atoms with Crippen molar-refractivity contribution in [3.63, 3.8) is 0 Å². The van der Waals surface area contributed by atoms with Crippen molar-refractivity contribution < 1.29 is 35.9 Å². The van der Waals surface area contributed by atoms with Crippen molar-refractivity contribution in [2.24, 2.45) is 5.92 Å². The van der Waals surface area contributed by atoms with Gasteiger partial charge in [0.2, 0.25) is 0 Å². The molecule has 1 aliphatic carbocycles. The molecule has 0 spiro atoms. The van der Waals surface area contributed by atoms with Gasteiger partial charge in [-0.2, -0.15) is 26.3 Å². The normalized spacial score (nSPS) is 21.0.